The Morgan fingerprint density at radius 1 is 1.04 bits per heavy atom. The van der Waals surface area contributed by atoms with Gasteiger partial charge in [0, 0.05) is 23.3 Å². The van der Waals surface area contributed by atoms with Crippen LogP contribution in [0.4, 0.5) is 11.4 Å². The maximum Gasteiger partial charge on any atom is 0.363 e. The van der Waals surface area contributed by atoms with Crippen molar-refractivity contribution < 1.29 is 19.4 Å². The van der Waals surface area contributed by atoms with Crippen molar-refractivity contribution in [1.29, 1.82) is 0 Å². The van der Waals surface area contributed by atoms with Crippen LogP contribution in [0.3, 0.4) is 0 Å². The number of carbonyl (C=O) groups excluding carboxylic acids is 1. The largest absolute Gasteiger partial charge is 0.402 e. The number of nitro benzene ring substituents is 2. The molecule has 0 fully saturated rings. The van der Waals surface area contributed by atoms with Crippen molar-refractivity contribution in [3.8, 4) is 0 Å². The van der Waals surface area contributed by atoms with Crippen LogP contribution in [0.2, 0.25) is 0 Å². The summed E-state index contributed by atoms with van der Waals surface area (Å²) in [4.78, 5) is 37.0. The molecule has 1 aliphatic heterocycles. The Morgan fingerprint density at radius 3 is 2.42 bits per heavy atom. The summed E-state index contributed by atoms with van der Waals surface area (Å²) in [6.07, 6.45) is 1.25. The van der Waals surface area contributed by atoms with Crippen LogP contribution < -0.4 is 0 Å². The molecule has 0 saturated carbocycles. The van der Waals surface area contributed by atoms with Crippen LogP contribution >= 0.6 is 0 Å². The lowest BCUT2D eigenvalue weighted by molar-refractivity contribution is -0.385. The predicted octanol–water partition coefficient (Wildman–Crippen LogP) is 3.16. The quantitative estimate of drug-likeness (QED) is 0.360. The number of benzene rings is 2. The van der Waals surface area contributed by atoms with Crippen LogP contribution in [0.5, 0.6) is 0 Å². The molecule has 1 aliphatic rings. The Hall–Kier alpha value is -3.88. The zero-order chi connectivity index (χ0) is 18.8. The number of aryl methyl sites for hydroxylation is 1. The van der Waals surface area contributed by atoms with Crippen LogP contribution in [0.15, 0.2) is 53.2 Å². The molecule has 1 heterocycles. The lowest BCUT2D eigenvalue weighted by Crippen LogP contribution is -2.06. The predicted molar refractivity (Wildman–Crippen MR) is 91.5 cm³/mol. The lowest BCUT2D eigenvalue weighted by atomic mass is 10.1. The van der Waals surface area contributed by atoms with Crippen LogP contribution in [0, 0.1) is 27.2 Å². The fourth-order valence-corrected chi connectivity index (χ4v) is 2.39. The first-order valence-corrected chi connectivity index (χ1v) is 7.38. The van der Waals surface area contributed by atoms with Gasteiger partial charge in [0.1, 0.15) is 0 Å². The van der Waals surface area contributed by atoms with E-state index in [2.05, 4.69) is 4.99 Å². The molecule has 0 atom stereocenters. The summed E-state index contributed by atoms with van der Waals surface area (Å²) < 4.78 is 5.06. The average Bonchev–Trinajstić information content (AvgIpc) is 2.96. The van der Waals surface area contributed by atoms with E-state index in [1.165, 1.54) is 36.4 Å². The molecular weight excluding hydrogens is 342 g/mol. The number of nitro groups is 2. The zero-order valence-corrected chi connectivity index (χ0v) is 13.4. The van der Waals surface area contributed by atoms with Gasteiger partial charge in [0.25, 0.3) is 11.4 Å². The smallest absolute Gasteiger partial charge is 0.363 e. The van der Waals surface area contributed by atoms with Gasteiger partial charge in [0.2, 0.25) is 5.90 Å². The number of hydrogen-bond acceptors (Lipinski definition) is 7. The van der Waals surface area contributed by atoms with Crippen molar-refractivity contribution in [2.24, 2.45) is 4.99 Å². The summed E-state index contributed by atoms with van der Waals surface area (Å²) in [5.74, 6) is -0.885. The fraction of sp³-hybridized carbons (Fsp3) is 0.0588. The van der Waals surface area contributed by atoms with E-state index in [1.807, 2.05) is 0 Å². The molecule has 0 aliphatic carbocycles. The van der Waals surface area contributed by atoms with Crippen LogP contribution in [-0.2, 0) is 9.53 Å². The first kappa shape index (κ1) is 17.0. The average molecular weight is 353 g/mol. The molecule has 130 valence electrons. The summed E-state index contributed by atoms with van der Waals surface area (Å²) in [6.45, 7) is 1.59. The minimum absolute atomic E-state index is 0.0945. The summed E-state index contributed by atoms with van der Waals surface area (Å²) in [6, 6.07) is 10.2. The van der Waals surface area contributed by atoms with E-state index in [4.69, 9.17) is 4.74 Å². The first-order valence-electron chi connectivity index (χ1n) is 7.38. The van der Waals surface area contributed by atoms with Crippen molar-refractivity contribution >= 4 is 29.3 Å². The maximum absolute atomic E-state index is 12.0. The van der Waals surface area contributed by atoms with Gasteiger partial charge in [-0.05, 0) is 25.1 Å². The summed E-state index contributed by atoms with van der Waals surface area (Å²) in [5, 5.41) is 22.1. The summed E-state index contributed by atoms with van der Waals surface area (Å²) in [5.41, 5.74) is 0.489. The molecule has 2 aromatic carbocycles. The second kappa shape index (κ2) is 6.55. The number of rotatable bonds is 4. The Balaban J connectivity index is 2.02. The molecule has 2 aromatic rings. The molecule has 3 rings (SSSR count). The second-order valence-electron chi connectivity index (χ2n) is 5.41. The molecule has 26 heavy (non-hydrogen) atoms. The number of ether oxygens (including phenoxy) is 1. The fourth-order valence-electron chi connectivity index (χ4n) is 2.39. The van der Waals surface area contributed by atoms with Gasteiger partial charge in [0.05, 0.1) is 15.4 Å². The Bertz CT molecular complexity index is 1010. The Kier molecular flexibility index (Phi) is 4.27. The third-order valence-electron chi connectivity index (χ3n) is 3.70. The van der Waals surface area contributed by atoms with Gasteiger partial charge in [0.15, 0.2) is 5.70 Å². The molecule has 0 aromatic heterocycles. The van der Waals surface area contributed by atoms with E-state index >= 15 is 0 Å². The van der Waals surface area contributed by atoms with Crippen molar-refractivity contribution in [1.82, 2.24) is 0 Å². The third kappa shape index (κ3) is 3.18. The Labute approximate surface area is 146 Å². The number of cyclic esters (lactones) is 1. The highest BCUT2D eigenvalue weighted by Crippen LogP contribution is 2.26. The van der Waals surface area contributed by atoms with Gasteiger partial charge in [-0.15, -0.1) is 0 Å². The highest BCUT2D eigenvalue weighted by molar-refractivity contribution is 6.13. The summed E-state index contributed by atoms with van der Waals surface area (Å²) >= 11 is 0. The molecule has 9 heteroatoms. The van der Waals surface area contributed by atoms with E-state index in [9.17, 15) is 25.0 Å². The van der Waals surface area contributed by atoms with E-state index in [0.29, 0.717) is 5.56 Å². The number of esters is 1. The highest BCUT2D eigenvalue weighted by atomic mass is 16.6. The van der Waals surface area contributed by atoms with Gasteiger partial charge in [-0.25, -0.2) is 9.79 Å². The lowest BCUT2D eigenvalue weighted by Gasteiger charge is -2.01. The van der Waals surface area contributed by atoms with E-state index in [-0.39, 0.29) is 34.1 Å². The van der Waals surface area contributed by atoms with Gasteiger partial charge >= 0.3 is 5.97 Å². The molecule has 0 amide bonds. The van der Waals surface area contributed by atoms with Crippen molar-refractivity contribution in [3.63, 3.8) is 0 Å². The minimum Gasteiger partial charge on any atom is -0.402 e. The van der Waals surface area contributed by atoms with Crippen molar-refractivity contribution in [2.45, 2.75) is 6.92 Å². The molecule has 0 spiro atoms. The highest BCUT2D eigenvalue weighted by Gasteiger charge is 2.26. The molecule has 0 saturated heterocycles. The third-order valence-corrected chi connectivity index (χ3v) is 3.70. The molecule has 0 bridgehead atoms. The summed E-state index contributed by atoms with van der Waals surface area (Å²) in [7, 11) is 0. The first-order chi connectivity index (χ1) is 12.4. The van der Waals surface area contributed by atoms with Gasteiger partial charge in [-0.2, -0.15) is 0 Å². The van der Waals surface area contributed by atoms with Gasteiger partial charge < -0.3 is 4.74 Å². The normalized spacial score (nSPS) is 14.9. The SMILES string of the molecule is Cc1ccc(C2=N/C(=C/c3ccccc3[N+](=O)[O-])C(=O)O2)cc1[N+](=O)[O-]. The second-order valence-corrected chi connectivity index (χ2v) is 5.41. The van der Waals surface area contributed by atoms with Crippen molar-refractivity contribution in [3.05, 3.63) is 85.1 Å². The molecule has 9 nitrogen and oxygen atoms in total. The van der Waals surface area contributed by atoms with E-state index in [0.717, 1.165) is 0 Å². The monoisotopic (exact) mass is 353 g/mol. The number of hydrogen-bond donors (Lipinski definition) is 0. The molecule has 0 N–H and O–H groups in total. The van der Waals surface area contributed by atoms with Crippen molar-refractivity contribution in [2.75, 3.05) is 0 Å². The maximum atomic E-state index is 12.0. The number of aliphatic imine (C=N–C) groups is 1. The van der Waals surface area contributed by atoms with Gasteiger partial charge in [-0.1, -0.05) is 18.2 Å². The van der Waals surface area contributed by atoms with E-state index in [1.54, 1.807) is 19.1 Å². The van der Waals surface area contributed by atoms with E-state index < -0.39 is 15.8 Å². The molecule has 0 unspecified atom stereocenters. The standard InChI is InChI=1S/C17H11N3O6/c1-10-6-7-12(9-15(10)20(24)25)16-18-13(17(21)26-16)8-11-4-2-3-5-14(11)19(22)23/h2-9H,1H3/b13-8+. The molecule has 0 radical (unpaired) electrons. The topological polar surface area (TPSA) is 125 Å². The number of carbonyl (C=O) groups is 1. The van der Waals surface area contributed by atoms with Crippen LogP contribution in [-0.4, -0.2) is 21.7 Å². The molecular formula is C17H11N3O6. The number of para-hydroxylation sites is 1. The Morgan fingerprint density at radius 2 is 1.73 bits per heavy atom. The van der Waals surface area contributed by atoms with Gasteiger partial charge in [-0.3, -0.25) is 20.2 Å². The zero-order valence-electron chi connectivity index (χ0n) is 13.4. The van der Waals surface area contributed by atoms with Crippen LogP contribution in [0.25, 0.3) is 6.08 Å². The minimum atomic E-state index is -0.790. The van der Waals surface area contributed by atoms with Crippen LogP contribution in [0.1, 0.15) is 16.7 Å². The number of nitrogens with zero attached hydrogens (tertiary/aromatic N) is 3.